The van der Waals surface area contributed by atoms with Crippen molar-refractivity contribution in [2.45, 2.75) is 0 Å². The van der Waals surface area contributed by atoms with E-state index in [0.29, 0.717) is 0 Å². The number of benzene rings is 9. The maximum absolute atomic E-state index is 6.39. The lowest BCUT2D eigenvalue weighted by Crippen LogP contribution is -2.61. The van der Waals surface area contributed by atoms with Crippen molar-refractivity contribution in [1.29, 1.82) is 0 Å². The van der Waals surface area contributed by atoms with Crippen LogP contribution in [0.25, 0.3) is 43.9 Å². The monoisotopic (exact) mass is 767 g/mol. The molecule has 0 atom stereocenters. The molecular formula is C54H34BN3O2. The van der Waals surface area contributed by atoms with E-state index in [-0.39, 0.29) is 6.71 Å². The van der Waals surface area contributed by atoms with E-state index < -0.39 is 0 Å². The van der Waals surface area contributed by atoms with E-state index in [1.807, 2.05) is 18.2 Å². The lowest BCUT2D eigenvalue weighted by Gasteiger charge is -2.46. The minimum Gasteiger partial charge on any atom is -0.456 e. The predicted molar refractivity (Wildman–Crippen MR) is 250 cm³/mol. The van der Waals surface area contributed by atoms with Gasteiger partial charge >= 0.3 is 0 Å². The molecule has 60 heavy (non-hydrogen) atoms. The molecule has 5 nitrogen and oxygen atoms in total. The van der Waals surface area contributed by atoms with Gasteiger partial charge in [0.2, 0.25) is 0 Å². The number of hydrogen-bond donors (Lipinski definition) is 0. The highest BCUT2D eigenvalue weighted by atomic mass is 16.3. The second-order valence-corrected chi connectivity index (χ2v) is 15.7. The van der Waals surface area contributed by atoms with Crippen LogP contribution in [0.15, 0.2) is 215 Å². The number of hydrogen-bond acceptors (Lipinski definition) is 5. The Bertz CT molecular complexity index is 3430. The van der Waals surface area contributed by atoms with Gasteiger partial charge in [-0.1, -0.05) is 109 Å². The summed E-state index contributed by atoms with van der Waals surface area (Å²) in [5, 5.41) is 4.40. The topological polar surface area (TPSA) is 36.0 Å². The van der Waals surface area contributed by atoms with Crippen molar-refractivity contribution < 1.29 is 8.83 Å². The molecule has 0 bridgehead atoms. The highest BCUT2D eigenvalue weighted by Gasteiger charge is 2.45. The van der Waals surface area contributed by atoms with Crippen LogP contribution in [0.5, 0.6) is 0 Å². The van der Waals surface area contributed by atoms with Crippen LogP contribution >= 0.6 is 0 Å². The zero-order chi connectivity index (χ0) is 39.3. The van der Waals surface area contributed by atoms with Crippen LogP contribution in [0.1, 0.15) is 0 Å². The van der Waals surface area contributed by atoms with Crippen molar-refractivity contribution in [3.63, 3.8) is 0 Å². The van der Waals surface area contributed by atoms with Crippen LogP contribution in [0, 0.1) is 0 Å². The number of rotatable bonds is 5. The summed E-state index contributed by atoms with van der Waals surface area (Å²) in [5.41, 5.74) is 17.3. The molecule has 2 aromatic heterocycles. The average molecular weight is 768 g/mol. The molecule has 4 heterocycles. The largest absolute Gasteiger partial charge is 0.456 e. The Hall–Kier alpha value is -7.96. The normalized spacial score (nSPS) is 12.9. The summed E-state index contributed by atoms with van der Waals surface area (Å²) in [4.78, 5) is 7.37. The molecule has 9 aromatic carbocycles. The van der Waals surface area contributed by atoms with E-state index in [9.17, 15) is 0 Å². The van der Waals surface area contributed by atoms with Gasteiger partial charge < -0.3 is 23.5 Å². The maximum atomic E-state index is 6.39. The highest BCUT2D eigenvalue weighted by Crippen LogP contribution is 2.51. The van der Waals surface area contributed by atoms with Crippen LogP contribution in [-0.2, 0) is 0 Å². The minimum absolute atomic E-state index is 0.0415. The Kier molecular flexibility index (Phi) is 7.04. The molecule has 0 unspecified atom stereocenters. The molecule has 0 fully saturated rings. The molecule has 11 aromatic rings. The summed E-state index contributed by atoms with van der Waals surface area (Å²) in [5.74, 6) is 0. The summed E-state index contributed by atoms with van der Waals surface area (Å²) in [6.07, 6.45) is 0. The quantitative estimate of drug-likeness (QED) is 0.163. The SMILES string of the molecule is c1ccc(N(c2ccccc2)c2ccc3c4c2N(c2ccc5oc6ccccc6c5c2)c2ccccc2B4c2ccccc2N3c2ccc3oc4ccccc4c3c2)cc1. The number of para-hydroxylation sites is 6. The molecule has 6 heteroatoms. The van der Waals surface area contributed by atoms with Crippen LogP contribution in [0.2, 0.25) is 0 Å². The second-order valence-electron chi connectivity index (χ2n) is 15.7. The van der Waals surface area contributed by atoms with Gasteiger partial charge in [0.1, 0.15) is 22.3 Å². The van der Waals surface area contributed by atoms with Gasteiger partial charge in [0.05, 0.1) is 11.4 Å². The summed E-state index contributed by atoms with van der Waals surface area (Å²) in [6, 6.07) is 74.0. The smallest absolute Gasteiger partial charge is 0.252 e. The number of fused-ring (bicyclic) bond motifs is 10. The first kappa shape index (κ1) is 33.1. The highest BCUT2D eigenvalue weighted by molar-refractivity contribution is 7.00. The standard InChI is InChI=1S/C54H34BN3O2/c1-3-15-35(16-4-1)56(36-17-5-2-6-18-36)48-30-29-47-53-54(48)58(38-28-32-52-42(34-38)40-20-8-14-26-50(40)60-52)46-24-12-10-22-44(46)55(53)43-21-9-11-23-45(43)57(47)37-27-31-51-41(33-37)39-19-7-13-25-49(39)59-51/h1-34H. The zero-order valence-corrected chi connectivity index (χ0v) is 32.4. The van der Waals surface area contributed by atoms with Gasteiger partial charge in [-0.15, -0.1) is 0 Å². The first-order valence-corrected chi connectivity index (χ1v) is 20.5. The molecule has 0 radical (unpaired) electrons. The molecule has 0 N–H and O–H groups in total. The molecule has 2 aliphatic rings. The third kappa shape index (κ3) is 4.76. The Balaban J connectivity index is 1.15. The molecule has 0 spiro atoms. The minimum atomic E-state index is -0.0415. The Labute approximate surface area is 346 Å². The van der Waals surface area contributed by atoms with Crippen molar-refractivity contribution >= 4 is 118 Å². The van der Waals surface area contributed by atoms with Crippen LogP contribution in [0.4, 0.5) is 51.2 Å². The van der Waals surface area contributed by atoms with E-state index in [1.165, 1.54) is 22.1 Å². The lowest BCUT2D eigenvalue weighted by molar-refractivity contribution is 0.668. The molecule has 0 saturated heterocycles. The van der Waals surface area contributed by atoms with E-state index >= 15 is 0 Å². The number of furan rings is 2. The fourth-order valence-electron chi connectivity index (χ4n) is 9.91. The summed E-state index contributed by atoms with van der Waals surface area (Å²) < 4.78 is 12.7. The molecular weight excluding hydrogens is 733 g/mol. The third-order valence-electron chi connectivity index (χ3n) is 12.4. The van der Waals surface area contributed by atoms with Gasteiger partial charge in [-0.05, 0) is 113 Å². The second kappa shape index (κ2) is 12.8. The van der Waals surface area contributed by atoms with Crippen molar-refractivity contribution in [2.24, 2.45) is 0 Å². The number of anilines is 9. The van der Waals surface area contributed by atoms with E-state index in [0.717, 1.165) is 89.4 Å². The Morgan fingerprint density at radius 3 is 1.42 bits per heavy atom. The van der Waals surface area contributed by atoms with Crippen LogP contribution < -0.4 is 31.1 Å². The van der Waals surface area contributed by atoms with Gasteiger partial charge in [0.25, 0.3) is 6.71 Å². The van der Waals surface area contributed by atoms with Gasteiger partial charge in [0.15, 0.2) is 0 Å². The zero-order valence-electron chi connectivity index (χ0n) is 32.4. The van der Waals surface area contributed by atoms with E-state index in [2.05, 4.69) is 203 Å². The van der Waals surface area contributed by atoms with Crippen LogP contribution in [0.3, 0.4) is 0 Å². The van der Waals surface area contributed by atoms with Crippen molar-refractivity contribution in [1.82, 2.24) is 0 Å². The first-order chi connectivity index (χ1) is 29.8. The van der Waals surface area contributed by atoms with E-state index in [1.54, 1.807) is 0 Å². The van der Waals surface area contributed by atoms with Gasteiger partial charge in [0, 0.05) is 61.4 Å². The molecule has 0 amide bonds. The molecule has 13 rings (SSSR count). The molecule has 2 aliphatic heterocycles. The Morgan fingerprint density at radius 1 is 0.367 bits per heavy atom. The average Bonchev–Trinajstić information content (AvgIpc) is 3.88. The lowest BCUT2D eigenvalue weighted by atomic mass is 9.33. The van der Waals surface area contributed by atoms with Gasteiger partial charge in [-0.3, -0.25) is 0 Å². The molecule has 0 saturated carbocycles. The van der Waals surface area contributed by atoms with Crippen molar-refractivity contribution in [3.05, 3.63) is 206 Å². The molecule has 0 aliphatic carbocycles. The first-order valence-electron chi connectivity index (χ1n) is 20.5. The van der Waals surface area contributed by atoms with Gasteiger partial charge in [-0.2, -0.15) is 0 Å². The summed E-state index contributed by atoms with van der Waals surface area (Å²) in [7, 11) is 0. The van der Waals surface area contributed by atoms with Crippen molar-refractivity contribution in [2.75, 3.05) is 14.7 Å². The maximum Gasteiger partial charge on any atom is 0.252 e. The van der Waals surface area contributed by atoms with Crippen LogP contribution in [-0.4, -0.2) is 6.71 Å². The fraction of sp³-hybridized carbons (Fsp3) is 0. The summed E-state index contributed by atoms with van der Waals surface area (Å²) in [6.45, 7) is -0.0415. The molecule has 280 valence electrons. The van der Waals surface area contributed by atoms with E-state index in [4.69, 9.17) is 8.83 Å². The number of nitrogens with zero attached hydrogens (tertiary/aromatic N) is 3. The fourth-order valence-corrected chi connectivity index (χ4v) is 9.91. The predicted octanol–water partition coefficient (Wildman–Crippen LogP) is 13.0. The van der Waals surface area contributed by atoms with Crippen molar-refractivity contribution in [3.8, 4) is 0 Å². The third-order valence-corrected chi connectivity index (χ3v) is 12.4. The Morgan fingerprint density at radius 2 is 0.833 bits per heavy atom. The van der Waals surface area contributed by atoms with Gasteiger partial charge in [-0.25, -0.2) is 0 Å². The summed E-state index contributed by atoms with van der Waals surface area (Å²) >= 11 is 0.